The Bertz CT molecular complexity index is 2040. The zero-order valence-electron chi connectivity index (χ0n) is 32.9. The fraction of sp³-hybridized carbons (Fsp3) is 0.419. The molecule has 1 aliphatic heterocycles. The summed E-state index contributed by atoms with van der Waals surface area (Å²) < 4.78 is 67.0. The van der Waals surface area contributed by atoms with Crippen LogP contribution >= 0.6 is 0 Å². The Morgan fingerprint density at radius 2 is 1.67 bits per heavy atom. The summed E-state index contributed by atoms with van der Waals surface area (Å²) in [4.78, 5) is 31.8. The summed E-state index contributed by atoms with van der Waals surface area (Å²) in [5, 5.41) is 12.8. The summed E-state index contributed by atoms with van der Waals surface area (Å²) >= 11 is 0. The van der Waals surface area contributed by atoms with Crippen molar-refractivity contribution in [2.75, 3.05) is 43.1 Å². The van der Waals surface area contributed by atoms with E-state index >= 15 is 0 Å². The number of fused-ring (bicyclic) bond motifs is 1. The monoisotopic (exact) mass is 808 g/mol. The van der Waals surface area contributed by atoms with E-state index in [1.165, 1.54) is 16.7 Å². The second-order valence-electron chi connectivity index (χ2n) is 14.7. The minimum absolute atomic E-state index is 0.130. The largest absolute Gasteiger partial charge is 0.491 e. The first kappa shape index (κ1) is 43.2. The zero-order valence-corrected chi connectivity index (χ0v) is 33.7. The summed E-state index contributed by atoms with van der Waals surface area (Å²) in [7, 11) is -1.80. The number of imidazole rings is 1. The van der Waals surface area contributed by atoms with Crippen LogP contribution in [0.2, 0.25) is 0 Å². The summed E-state index contributed by atoms with van der Waals surface area (Å²) in [6, 6.07) is 19.9. The van der Waals surface area contributed by atoms with Gasteiger partial charge in [0.15, 0.2) is 5.69 Å². The van der Waals surface area contributed by atoms with Crippen molar-refractivity contribution in [1.82, 2.24) is 9.55 Å². The van der Waals surface area contributed by atoms with E-state index in [0.717, 1.165) is 47.3 Å². The molecular formula is C43H51F3N4O6S. The molecule has 0 saturated carbocycles. The van der Waals surface area contributed by atoms with Gasteiger partial charge in [-0.15, -0.1) is 0 Å². The number of aromatic nitrogens is 2. The minimum atomic E-state index is -4.67. The zero-order chi connectivity index (χ0) is 41.2. The van der Waals surface area contributed by atoms with E-state index in [4.69, 9.17) is 9.47 Å². The standard InChI is InChI=1S/C43H51F3N4O6S/c1-5-7-22-55-23-24-56-35-15-10-30(11-16-35)31-12-19-37-33(25-31)26-32(9-8-21-49(37)28-42(3,4)41(52)53)40(51)48-34-13-17-36(18-14-34)57(54)27-38-39(43(44,45)46)47-29-50(38)20-6-2/h10-19,25-26,29H,5-9,20-24,27-28H2,1-4H3,(H,48,51)(H,52,53)/t57-/m0/s1. The van der Waals surface area contributed by atoms with Crippen molar-refractivity contribution in [2.45, 2.75) is 83.2 Å². The van der Waals surface area contributed by atoms with Gasteiger partial charge in [0.05, 0.1) is 40.6 Å². The summed E-state index contributed by atoms with van der Waals surface area (Å²) in [5.74, 6) is -0.878. The van der Waals surface area contributed by atoms with Crippen molar-refractivity contribution in [3.8, 4) is 16.9 Å². The summed E-state index contributed by atoms with van der Waals surface area (Å²) in [5.41, 5.74) is 2.17. The molecule has 4 aromatic rings. The van der Waals surface area contributed by atoms with Crippen molar-refractivity contribution < 1.29 is 41.5 Å². The summed E-state index contributed by atoms with van der Waals surface area (Å²) in [6.07, 6.45) is 1.99. The van der Waals surface area contributed by atoms with Gasteiger partial charge in [0.1, 0.15) is 12.4 Å². The second kappa shape index (κ2) is 19.5. The average molecular weight is 809 g/mol. The lowest BCUT2D eigenvalue weighted by atomic mass is 9.91. The normalized spacial score (nSPS) is 13.9. The van der Waals surface area contributed by atoms with Crippen molar-refractivity contribution in [3.63, 3.8) is 0 Å². The van der Waals surface area contributed by atoms with Gasteiger partial charge in [-0.05, 0) is 111 Å². The van der Waals surface area contributed by atoms with Crippen LogP contribution in [0.1, 0.15) is 76.8 Å². The predicted molar refractivity (Wildman–Crippen MR) is 217 cm³/mol. The van der Waals surface area contributed by atoms with Crippen LogP contribution in [-0.2, 0) is 43.6 Å². The van der Waals surface area contributed by atoms with Crippen LogP contribution < -0.4 is 15.0 Å². The van der Waals surface area contributed by atoms with Gasteiger partial charge < -0.3 is 29.4 Å². The molecule has 1 atom stereocenters. The maximum atomic E-state index is 13.8. The number of unbranched alkanes of at least 4 members (excludes halogenated alkanes) is 1. The number of rotatable bonds is 18. The molecule has 2 N–H and O–H groups in total. The molecule has 0 radical (unpaired) electrons. The Balaban J connectivity index is 1.35. The number of carboxylic acids is 1. The van der Waals surface area contributed by atoms with Gasteiger partial charge in [0, 0.05) is 48.1 Å². The Morgan fingerprint density at radius 3 is 2.33 bits per heavy atom. The quantitative estimate of drug-likeness (QED) is 0.0955. The molecule has 0 bridgehead atoms. The van der Waals surface area contributed by atoms with Gasteiger partial charge in [-0.3, -0.25) is 13.8 Å². The van der Waals surface area contributed by atoms with Gasteiger partial charge in [0.2, 0.25) is 0 Å². The molecule has 0 spiro atoms. The number of anilines is 2. The lowest BCUT2D eigenvalue weighted by Crippen LogP contribution is -2.40. The fourth-order valence-electron chi connectivity index (χ4n) is 6.52. The third-order valence-electron chi connectivity index (χ3n) is 9.68. The molecule has 306 valence electrons. The molecule has 0 unspecified atom stereocenters. The maximum Gasteiger partial charge on any atom is 0.435 e. The number of aryl methyl sites for hydroxylation is 1. The Morgan fingerprint density at radius 1 is 0.947 bits per heavy atom. The van der Waals surface area contributed by atoms with E-state index in [1.54, 1.807) is 26.0 Å². The van der Waals surface area contributed by atoms with Gasteiger partial charge >= 0.3 is 12.1 Å². The van der Waals surface area contributed by atoms with Gasteiger partial charge in [-0.1, -0.05) is 38.5 Å². The number of amides is 1. The molecule has 1 aliphatic rings. The Hall–Kier alpha value is -4.95. The number of alkyl halides is 3. The number of aliphatic carboxylic acids is 1. The number of carbonyl (C=O) groups is 2. The van der Waals surface area contributed by atoms with Crippen LogP contribution in [0.3, 0.4) is 0 Å². The van der Waals surface area contributed by atoms with Crippen molar-refractivity contribution >= 4 is 40.1 Å². The number of nitrogens with one attached hydrogen (secondary N) is 1. The van der Waals surface area contributed by atoms with Crippen LogP contribution in [0.25, 0.3) is 17.2 Å². The number of carboxylic acid groups (broad SMARTS) is 1. The van der Waals surface area contributed by atoms with E-state index in [-0.39, 0.29) is 23.9 Å². The number of halogens is 3. The SMILES string of the molecule is CCCCOCCOc1ccc(-c2ccc3c(c2)C=C(C(=O)Nc2ccc([S@@](=O)Cc4c(C(F)(F)F)ncn4CCC)cc2)CCCN3CC(C)(C)C(=O)O)cc1. The van der Waals surface area contributed by atoms with E-state index in [2.05, 4.69) is 22.1 Å². The molecule has 1 amide bonds. The molecule has 2 heterocycles. The number of benzene rings is 3. The molecule has 0 saturated heterocycles. The first-order chi connectivity index (χ1) is 27.2. The molecule has 5 rings (SSSR count). The van der Waals surface area contributed by atoms with E-state index in [0.29, 0.717) is 68.3 Å². The Kier molecular flexibility index (Phi) is 14.7. The van der Waals surface area contributed by atoms with Crippen LogP contribution in [0.4, 0.5) is 24.5 Å². The van der Waals surface area contributed by atoms with Crippen LogP contribution in [0, 0.1) is 5.41 Å². The van der Waals surface area contributed by atoms with E-state index < -0.39 is 34.1 Å². The minimum Gasteiger partial charge on any atom is -0.491 e. The van der Waals surface area contributed by atoms with E-state index in [9.17, 15) is 32.1 Å². The molecule has 0 aliphatic carbocycles. The van der Waals surface area contributed by atoms with Crippen LogP contribution in [0.15, 0.2) is 83.5 Å². The van der Waals surface area contributed by atoms with Crippen LogP contribution in [0.5, 0.6) is 5.75 Å². The second-order valence-corrected chi connectivity index (χ2v) is 16.1. The highest BCUT2D eigenvalue weighted by Crippen LogP contribution is 2.35. The number of ether oxygens (including phenoxy) is 2. The number of carbonyl (C=O) groups excluding carboxylic acids is 1. The van der Waals surface area contributed by atoms with Gasteiger partial charge in [0.25, 0.3) is 5.91 Å². The Labute approximate surface area is 334 Å². The fourth-order valence-corrected chi connectivity index (χ4v) is 7.67. The third-order valence-corrected chi connectivity index (χ3v) is 11.0. The predicted octanol–water partition coefficient (Wildman–Crippen LogP) is 9.22. The molecule has 57 heavy (non-hydrogen) atoms. The third kappa shape index (κ3) is 11.6. The number of hydrogen-bond donors (Lipinski definition) is 2. The highest BCUT2D eigenvalue weighted by Gasteiger charge is 2.38. The molecule has 0 fully saturated rings. The highest BCUT2D eigenvalue weighted by atomic mass is 32.2. The number of nitrogens with zero attached hydrogens (tertiary/aromatic N) is 3. The molecule has 10 nitrogen and oxygen atoms in total. The highest BCUT2D eigenvalue weighted by molar-refractivity contribution is 7.84. The topological polar surface area (TPSA) is 123 Å². The summed E-state index contributed by atoms with van der Waals surface area (Å²) in [6.45, 7) is 10.1. The van der Waals surface area contributed by atoms with Crippen molar-refractivity contribution in [3.05, 3.63) is 95.6 Å². The molecule has 3 aromatic carbocycles. The molecular weight excluding hydrogens is 758 g/mol. The molecule has 1 aromatic heterocycles. The molecule has 14 heteroatoms. The smallest absolute Gasteiger partial charge is 0.435 e. The first-order valence-corrected chi connectivity index (χ1v) is 20.6. The van der Waals surface area contributed by atoms with E-state index in [1.807, 2.05) is 55.5 Å². The van der Waals surface area contributed by atoms with Crippen molar-refractivity contribution in [2.24, 2.45) is 5.41 Å². The maximum absolute atomic E-state index is 13.8. The average Bonchev–Trinajstić information content (AvgIpc) is 3.57. The lowest BCUT2D eigenvalue weighted by Gasteiger charge is -2.34. The lowest BCUT2D eigenvalue weighted by molar-refractivity contribution is -0.146. The van der Waals surface area contributed by atoms with Gasteiger partial charge in [-0.2, -0.15) is 13.2 Å². The van der Waals surface area contributed by atoms with Gasteiger partial charge in [-0.25, -0.2) is 4.98 Å². The van der Waals surface area contributed by atoms with Crippen LogP contribution in [-0.4, -0.2) is 63.7 Å². The number of hydrogen-bond acceptors (Lipinski definition) is 7. The van der Waals surface area contributed by atoms with Crippen molar-refractivity contribution in [1.29, 1.82) is 0 Å². The first-order valence-electron chi connectivity index (χ1n) is 19.2.